The zero-order valence-corrected chi connectivity index (χ0v) is 12.0. The zero-order valence-electron chi connectivity index (χ0n) is 12.0. The number of aliphatic hydroxyl groups is 1. The van der Waals surface area contributed by atoms with Gasteiger partial charge in [0.2, 0.25) is 0 Å². The molecule has 2 nitrogen and oxygen atoms in total. The van der Waals surface area contributed by atoms with E-state index >= 15 is 0 Å². The van der Waals surface area contributed by atoms with E-state index in [1.165, 1.54) is 0 Å². The highest BCUT2D eigenvalue weighted by molar-refractivity contribution is 5.94. The maximum atomic E-state index is 10.5. The summed E-state index contributed by atoms with van der Waals surface area (Å²) in [6, 6.07) is 0. The molecule has 0 aromatic rings. The van der Waals surface area contributed by atoms with Crippen LogP contribution in [-0.2, 0) is 0 Å². The summed E-state index contributed by atoms with van der Waals surface area (Å²) in [5.74, 6) is 1.06. The first-order chi connectivity index (χ1) is 8.41. The van der Waals surface area contributed by atoms with Gasteiger partial charge in [0.1, 0.15) is 0 Å². The van der Waals surface area contributed by atoms with Gasteiger partial charge < -0.3 is 5.11 Å². The number of aliphatic imine (C=N–C) groups is 1. The Morgan fingerprint density at radius 3 is 2.78 bits per heavy atom. The summed E-state index contributed by atoms with van der Waals surface area (Å²) < 4.78 is 0. The molecule has 0 bridgehead atoms. The largest absolute Gasteiger partial charge is 0.387 e. The Bertz CT molecular complexity index is 409. The van der Waals surface area contributed by atoms with Gasteiger partial charge in [-0.1, -0.05) is 38.2 Å². The molecule has 0 radical (unpaired) electrons. The van der Waals surface area contributed by atoms with Crippen LogP contribution in [0.5, 0.6) is 0 Å². The molecule has 2 heteroatoms. The van der Waals surface area contributed by atoms with Crippen LogP contribution in [0.1, 0.15) is 33.6 Å². The van der Waals surface area contributed by atoms with Gasteiger partial charge in [-0.25, -0.2) is 0 Å². The smallest absolute Gasteiger partial charge is 0.0987 e. The minimum atomic E-state index is -0.458. The minimum Gasteiger partial charge on any atom is -0.387 e. The lowest BCUT2D eigenvalue weighted by Crippen LogP contribution is -2.52. The van der Waals surface area contributed by atoms with Crippen molar-refractivity contribution in [2.24, 2.45) is 28.2 Å². The van der Waals surface area contributed by atoms with E-state index in [0.29, 0.717) is 5.92 Å². The summed E-state index contributed by atoms with van der Waals surface area (Å²) in [6.07, 6.45) is 6.18. The first kappa shape index (κ1) is 13.5. The second-order valence-corrected chi connectivity index (χ2v) is 6.30. The second kappa shape index (κ2) is 4.65. The standard InChI is InChI=1S/C16H25NO/c1-10(2)12-9-16(4)11(3)7-6-8-13(16)14(17-5)15(12)18/h6,8,11-13,15,18H,1,7,9H2,2-5H3. The first-order valence-electron chi connectivity index (χ1n) is 6.88. The zero-order chi connectivity index (χ0) is 13.5. The molecule has 1 fully saturated rings. The normalized spacial score (nSPS) is 45.9. The van der Waals surface area contributed by atoms with Crippen LogP contribution in [0, 0.1) is 23.2 Å². The molecule has 0 amide bonds. The molecule has 0 spiro atoms. The molecular formula is C16H25NO. The van der Waals surface area contributed by atoms with Gasteiger partial charge in [-0.2, -0.15) is 0 Å². The average Bonchev–Trinajstić information content (AvgIpc) is 2.31. The van der Waals surface area contributed by atoms with Crippen LogP contribution in [-0.4, -0.2) is 24.0 Å². The number of nitrogens with zero attached hydrogens (tertiary/aromatic N) is 1. The molecule has 0 aromatic heterocycles. The molecule has 0 heterocycles. The average molecular weight is 247 g/mol. The summed E-state index contributed by atoms with van der Waals surface area (Å²) in [4.78, 5) is 4.40. The quantitative estimate of drug-likeness (QED) is 0.709. The Hall–Kier alpha value is -0.890. The van der Waals surface area contributed by atoms with Crippen molar-refractivity contribution < 1.29 is 5.11 Å². The number of aliphatic hydroxyl groups excluding tert-OH is 1. The third-order valence-corrected chi connectivity index (χ3v) is 5.21. The van der Waals surface area contributed by atoms with Crippen molar-refractivity contribution >= 4 is 5.71 Å². The van der Waals surface area contributed by atoms with Crippen LogP contribution in [0.3, 0.4) is 0 Å². The molecule has 100 valence electrons. The van der Waals surface area contributed by atoms with Crippen LogP contribution >= 0.6 is 0 Å². The van der Waals surface area contributed by atoms with Crippen molar-refractivity contribution in [3.8, 4) is 0 Å². The van der Waals surface area contributed by atoms with E-state index in [1.54, 1.807) is 7.05 Å². The second-order valence-electron chi connectivity index (χ2n) is 6.30. The molecule has 2 aliphatic carbocycles. The SMILES string of the molecule is C=C(C)C1CC2(C)C(C)CC=CC2C(=NC)C1O. The van der Waals surface area contributed by atoms with Gasteiger partial charge in [0.25, 0.3) is 0 Å². The lowest BCUT2D eigenvalue weighted by molar-refractivity contribution is 0.0512. The number of hydrogen-bond acceptors (Lipinski definition) is 2. The van der Waals surface area contributed by atoms with Crippen LogP contribution in [0.4, 0.5) is 0 Å². The third kappa shape index (κ3) is 1.87. The van der Waals surface area contributed by atoms with E-state index in [1.807, 2.05) is 6.92 Å². The van der Waals surface area contributed by atoms with Crippen LogP contribution < -0.4 is 0 Å². The van der Waals surface area contributed by atoms with Crippen molar-refractivity contribution in [1.29, 1.82) is 0 Å². The van der Waals surface area contributed by atoms with Gasteiger partial charge >= 0.3 is 0 Å². The predicted octanol–water partition coefficient (Wildman–Crippen LogP) is 3.23. The van der Waals surface area contributed by atoms with Crippen LogP contribution in [0.2, 0.25) is 0 Å². The number of rotatable bonds is 1. The Kier molecular flexibility index (Phi) is 3.50. The molecule has 5 atom stereocenters. The van der Waals surface area contributed by atoms with E-state index in [4.69, 9.17) is 0 Å². The molecule has 0 aliphatic heterocycles. The Morgan fingerprint density at radius 2 is 2.22 bits per heavy atom. The van der Waals surface area contributed by atoms with Gasteiger partial charge in [0.05, 0.1) is 6.10 Å². The van der Waals surface area contributed by atoms with Crippen molar-refractivity contribution in [2.75, 3.05) is 7.05 Å². The monoisotopic (exact) mass is 247 g/mol. The summed E-state index contributed by atoms with van der Waals surface area (Å²) in [5.41, 5.74) is 2.22. The Labute approximate surface area is 111 Å². The highest BCUT2D eigenvalue weighted by Crippen LogP contribution is 2.52. The number of allylic oxidation sites excluding steroid dienone is 2. The van der Waals surface area contributed by atoms with E-state index in [0.717, 1.165) is 24.1 Å². The predicted molar refractivity (Wildman–Crippen MR) is 76.8 cm³/mol. The van der Waals surface area contributed by atoms with Crippen molar-refractivity contribution in [3.63, 3.8) is 0 Å². The Morgan fingerprint density at radius 1 is 1.56 bits per heavy atom. The van der Waals surface area contributed by atoms with Crippen molar-refractivity contribution in [3.05, 3.63) is 24.3 Å². The fourth-order valence-electron chi connectivity index (χ4n) is 3.67. The fourth-order valence-corrected chi connectivity index (χ4v) is 3.67. The highest BCUT2D eigenvalue weighted by atomic mass is 16.3. The van der Waals surface area contributed by atoms with Crippen LogP contribution in [0.25, 0.3) is 0 Å². The number of hydrogen-bond donors (Lipinski definition) is 1. The van der Waals surface area contributed by atoms with Gasteiger partial charge in [0.15, 0.2) is 0 Å². The molecule has 1 saturated carbocycles. The van der Waals surface area contributed by atoms with Crippen molar-refractivity contribution in [2.45, 2.75) is 39.7 Å². The first-order valence-corrected chi connectivity index (χ1v) is 6.88. The Balaban J connectivity index is 2.46. The van der Waals surface area contributed by atoms with E-state index < -0.39 is 6.10 Å². The van der Waals surface area contributed by atoms with E-state index in [-0.39, 0.29) is 17.3 Å². The summed E-state index contributed by atoms with van der Waals surface area (Å²) in [7, 11) is 1.80. The molecule has 1 N–H and O–H groups in total. The topological polar surface area (TPSA) is 32.6 Å². The van der Waals surface area contributed by atoms with E-state index in [9.17, 15) is 5.11 Å². The van der Waals surface area contributed by atoms with Crippen LogP contribution in [0.15, 0.2) is 29.3 Å². The lowest BCUT2D eigenvalue weighted by Gasteiger charge is -2.51. The highest BCUT2D eigenvalue weighted by Gasteiger charge is 2.50. The van der Waals surface area contributed by atoms with Gasteiger partial charge in [-0.3, -0.25) is 4.99 Å². The maximum Gasteiger partial charge on any atom is 0.0987 e. The molecule has 2 aliphatic rings. The van der Waals surface area contributed by atoms with E-state index in [2.05, 4.69) is 37.6 Å². The fraction of sp³-hybridized carbons (Fsp3) is 0.688. The molecule has 18 heavy (non-hydrogen) atoms. The number of fused-ring (bicyclic) bond motifs is 1. The molecular weight excluding hydrogens is 222 g/mol. The lowest BCUT2D eigenvalue weighted by atomic mass is 9.54. The molecule has 2 rings (SSSR count). The molecule has 0 saturated heterocycles. The summed E-state index contributed by atoms with van der Waals surface area (Å²) in [6.45, 7) is 10.7. The molecule has 5 unspecified atom stereocenters. The minimum absolute atomic E-state index is 0.152. The van der Waals surface area contributed by atoms with Gasteiger partial charge in [-0.15, -0.1) is 0 Å². The maximum absolute atomic E-state index is 10.5. The van der Waals surface area contributed by atoms with Crippen molar-refractivity contribution in [1.82, 2.24) is 0 Å². The summed E-state index contributed by atoms with van der Waals surface area (Å²) in [5, 5.41) is 10.5. The summed E-state index contributed by atoms with van der Waals surface area (Å²) >= 11 is 0. The third-order valence-electron chi connectivity index (χ3n) is 5.21. The molecule has 0 aromatic carbocycles. The van der Waals surface area contributed by atoms with Gasteiger partial charge in [-0.05, 0) is 31.1 Å². The van der Waals surface area contributed by atoms with Gasteiger partial charge in [0, 0.05) is 24.6 Å².